The van der Waals surface area contributed by atoms with Crippen LogP contribution in [0.15, 0.2) is 66.7 Å². The number of halogens is 9. The zero-order valence-corrected chi connectivity index (χ0v) is 19.7. The Bertz CT molecular complexity index is 1300. The lowest BCUT2D eigenvalue weighted by atomic mass is 9.86. The average Bonchev–Trinajstić information content (AvgIpc) is 2.81. The molecule has 4 nitrogen and oxygen atoms in total. The van der Waals surface area contributed by atoms with Gasteiger partial charge in [-0.3, -0.25) is 0 Å². The van der Waals surface area contributed by atoms with E-state index in [1.807, 2.05) is 0 Å². The van der Waals surface area contributed by atoms with Crippen molar-refractivity contribution >= 4 is 5.69 Å². The fourth-order valence-corrected chi connectivity index (χ4v) is 4.62. The summed E-state index contributed by atoms with van der Waals surface area (Å²) in [6, 6.07) is 13.6. The normalized spacial score (nSPS) is 17.0. The molecule has 0 aromatic heterocycles. The molecule has 0 spiro atoms. The van der Waals surface area contributed by atoms with Crippen LogP contribution in [0.4, 0.5) is 45.2 Å². The first-order valence-corrected chi connectivity index (χ1v) is 11.5. The van der Waals surface area contributed by atoms with Gasteiger partial charge < -0.3 is 19.5 Å². The third-order valence-electron chi connectivity index (χ3n) is 6.11. The summed E-state index contributed by atoms with van der Waals surface area (Å²) in [6.07, 6.45) is -17.3. The van der Waals surface area contributed by atoms with Crippen molar-refractivity contribution in [2.24, 2.45) is 0 Å². The maximum atomic E-state index is 13.4. The molecule has 1 heterocycles. The summed E-state index contributed by atoms with van der Waals surface area (Å²) in [7, 11) is 0. The van der Waals surface area contributed by atoms with E-state index in [0.717, 1.165) is 24.3 Å². The first-order chi connectivity index (χ1) is 18.1. The minimum atomic E-state index is -4.98. The summed E-state index contributed by atoms with van der Waals surface area (Å²) >= 11 is 0. The number of ether oxygens (including phenoxy) is 2. The summed E-state index contributed by atoms with van der Waals surface area (Å²) in [5, 5.41) is 9.90. The van der Waals surface area contributed by atoms with E-state index in [9.17, 15) is 44.6 Å². The Kier molecular flexibility index (Phi) is 7.66. The molecule has 0 saturated heterocycles. The monoisotopic (exact) mass is 565 g/mol. The molecule has 0 radical (unpaired) electrons. The van der Waals surface area contributed by atoms with Crippen LogP contribution in [-0.4, -0.2) is 36.7 Å². The Morgan fingerprint density at radius 1 is 0.795 bits per heavy atom. The minimum absolute atomic E-state index is 0.128. The Morgan fingerprint density at radius 3 is 2.00 bits per heavy atom. The molecule has 0 saturated carbocycles. The Balaban J connectivity index is 1.77. The number of benzene rings is 3. The minimum Gasteiger partial charge on any atom is -0.406 e. The number of alkyl halides is 9. The highest BCUT2D eigenvalue weighted by Crippen LogP contribution is 2.44. The van der Waals surface area contributed by atoms with Crippen molar-refractivity contribution in [3.05, 3.63) is 77.9 Å². The first-order valence-electron chi connectivity index (χ1n) is 11.5. The van der Waals surface area contributed by atoms with Gasteiger partial charge in [-0.25, -0.2) is 0 Å². The highest BCUT2D eigenvalue weighted by Gasteiger charge is 2.42. The molecule has 1 aliphatic heterocycles. The third kappa shape index (κ3) is 7.08. The second-order valence-corrected chi connectivity index (χ2v) is 8.76. The van der Waals surface area contributed by atoms with Crippen LogP contribution < -0.4 is 14.4 Å². The third-order valence-corrected chi connectivity index (χ3v) is 6.11. The molecule has 0 aliphatic carbocycles. The fraction of sp³-hybridized carbons (Fsp3) is 0.308. The molecule has 13 heteroatoms. The number of anilines is 1. The highest BCUT2D eigenvalue weighted by molar-refractivity contribution is 5.76. The molecule has 1 N–H and O–H groups in total. The van der Waals surface area contributed by atoms with E-state index in [1.54, 1.807) is 6.07 Å². The molecular formula is C26H20F9NO3. The van der Waals surface area contributed by atoms with E-state index < -0.39 is 49.1 Å². The number of hydrogen-bond acceptors (Lipinski definition) is 4. The van der Waals surface area contributed by atoms with Crippen molar-refractivity contribution < 1.29 is 54.1 Å². The fourth-order valence-electron chi connectivity index (χ4n) is 4.62. The van der Waals surface area contributed by atoms with Crippen LogP contribution in [0.1, 0.15) is 23.6 Å². The van der Waals surface area contributed by atoms with Crippen molar-refractivity contribution in [2.75, 3.05) is 11.4 Å². The highest BCUT2D eigenvalue weighted by atomic mass is 19.4. The van der Waals surface area contributed by atoms with Gasteiger partial charge in [0.1, 0.15) is 11.5 Å². The predicted octanol–water partition coefficient (Wildman–Crippen LogP) is 7.57. The molecule has 4 rings (SSSR count). The van der Waals surface area contributed by atoms with Crippen LogP contribution in [0.2, 0.25) is 0 Å². The molecule has 2 atom stereocenters. The van der Waals surface area contributed by atoms with E-state index in [1.165, 1.54) is 41.3 Å². The Morgan fingerprint density at radius 2 is 1.38 bits per heavy atom. The van der Waals surface area contributed by atoms with Gasteiger partial charge in [-0.15, -0.1) is 26.3 Å². The van der Waals surface area contributed by atoms with Crippen molar-refractivity contribution in [1.29, 1.82) is 0 Å². The van der Waals surface area contributed by atoms with Crippen LogP contribution in [0, 0.1) is 0 Å². The van der Waals surface area contributed by atoms with Gasteiger partial charge in [0.25, 0.3) is 0 Å². The number of rotatable bonds is 6. The second kappa shape index (κ2) is 10.5. The number of aliphatic hydroxyl groups is 1. The standard InChI is InChI=1S/C26H20F9NO3/c27-24(28,29)23(37)14-36-21(16-5-2-7-18(13-16)39-26(33,34)35)11-10-20-19(8-3-9-22(20)36)15-4-1-6-17(12-15)38-25(30,31)32/h1-9,12-13,21,23,37H,10-11,14H2/t21-,23+/m0/s1. The molecule has 210 valence electrons. The zero-order valence-electron chi connectivity index (χ0n) is 19.7. The van der Waals surface area contributed by atoms with Crippen LogP contribution in [-0.2, 0) is 6.42 Å². The average molecular weight is 565 g/mol. The van der Waals surface area contributed by atoms with E-state index in [-0.39, 0.29) is 24.1 Å². The second-order valence-electron chi connectivity index (χ2n) is 8.76. The molecule has 3 aromatic carbocycles. The lowest BCUT2D eigenvalue weighted by Crippen LogP contribution is -2.44. The Labute approximate surface area is 216 Å². The van der Waals surface area contributed by atoms with Gasteiger partial charge in [-0.05, 0) is 65.4 Å². The van der Waals surface area contributed by atoms with Crippen molar-refractivity contribution in [3.8, 4) is 22.6 Å². The number of nitrogens with zero attached hydrogens (tertiary/aromatic N) is 1. The lowest BCUT2D eigenvalue weighted by Gasteiger charge is -2.41. The van der Waals surface area contributed by atoms with Crippen molar-refractivity contribution in [2.45, 2.75) is 43.9 Å². The maximum Gasteiger partial charge on any atom is 0.573 e. The van der Waals surface area contributed by atoms with Gasteiger partial charge in [-0.1, -0.05) is 36.4 Å². The summed E-state index contributed by atoms with van der Waals surface area (Å²) in [5.41, 5.74) is 1.71. The number of hydrogen-bond donors (Lipinski definition) is 1. The van der Waals surface area contributed by atoms with Gasteiger partial charge in [-0.2, -0.15) is 13.2 Å². The largest absolute Gasteiger partial charge is 0.573 e. The smallest absolute Gasteiger partial charge is 0.406 e. The lowest BCUT2D eigenvalue weighted by molar-refractivity contribution is -0.275. The van der Waals surface area contributed by atoms with Crippen LogP contribution in [0.25, 0.3) is 11.1 Å². The zero-order chi connectivity index (χ0) is 28.6. The summed E-state index contributed by atoms with van der Waals surface area (Å²) in [5.74, 6) is -1.05. The molecule has 3 aromatic rings. The van der Waals surface area contributed by atoms with Crippen molar-refractivity contribution in [3.63, 3.8) is 0 Å². The molecular weight excluding hydrogens is 545 g/mol. The van der Waals surface area contributed by atoms with Crippen LogP contribution >= 0.6 is 0 Å². The SMILES string of the molecule is O[C@H](CN1c2cccc(-c3cccc(OC(F)(F)F)c3)c2CC[C@H]1c1cccc(OC(F)(F)F)c1)C(F)(F)F. The molecule has 0 fully saturated rings. The molecule has 0 bridgehead atoms. The van der Waals surface area contributed by atoms with Gasteiger partial charge in [0.15, 0.2) is 6.10 Å². The van der Waals surface area contributed by atoms with Crippen molar-refractivity contribution in [1.82, 2.24) is 0 Å². The molecule has 1 aliphatic rings. The van der Waals surface area contributed by atoms with Gasteiger partial charge in [0.2, 0.25) is 0 Å². The van der Waals surface area contributed by atoms with Gasteiger partial charge in [0, 0.05) is 5.69 Å². The number of aliphatic hydroxyl groups excluding tert-OH is 1. The van der Waals surface area contributed by atoms with E-state index >= 15 is 0 Å². The van der Waals surface area contributed by atoms with Crippen LogP contribution in [0.5, 0.6) is 11.5 Å². The quantitative estimate of drug-likeness (QED) is 0.313. The Hall–Kier alpha value is -3.61. The summed E-state index contributed by atoms with van der Waals surface area (Å²) in [4.78, 5) is 1.24. The molecule has 0 unspecified atom stereocenters. The predicted molar refractivity (Wildman–Crippen MR) is 122 cm³/mol. The van der Waals surface area contributed by atoms with E-state index in [0.29, 0.717) is 16.7 Å². The van der Waals surface area contributed by atoms with Gasteiger partial charge >= 0.3 is 18.9 Å². The first kappa shape index (κ1) is 28.4. The number of fused-ring (bicyclic) bond motifs is 1. The topological polar surface area (TPSA) is 41.9 Å². The summed E-state index contributed by atoms with van der Waals surface area (Å²) in [6.45, 7) is -0.938. The van der Waals surface area contributed by atoms with E-state index in [2.05, 4.69) is 9.47 Å². The van der Waals surface area contributed by atoms with Gasteiger partial charge in [0.05, 0.1) is 12.6 Å². The molecule has 0 amide bonds. The number of β-amino-alcohol motifs (C(OH)–C–C–N with tert-alkyl or cyclic N) is 1. The summed E-state index contributed by atoms with van der Waals surface area (Å²) < 4.78 is 124. The molecule has 39 heavy (non-hydrogen) atoms. The van der Waals surface area contributed by atoms with Crippen LogP contribution in [0.3, 0.4) is 0 Å². The van der Waals surface area contributed by atoms with E-state index in [4.69, 9.17) is 0 Å². The maximum absolute atomic E-state index is 13.4.